The highest BCUT2D eigenvalue weighted by Crippen LogP contribution is 2.21. The molecule has 2 heterocycles. The molecule has 1 atom stereocenters. The lowest BCUT2D eigenvalue weighted by Crippen LogP contribution is -2.14. The van der Waals surface area contributed by atoms with Gasteiger partial charge in [0.1, 0.15) is 0 Å². The maximum atomic E-state index is 4.65. The van der Waals surface area contributed by atoms with Crippen molar-refractivity contribution in [1.82, 2.24) is 24.9 Å². The average Bonchev–Trinajstić information content (AvgIpc) is 2.90. The zero-order valence-corrected chi connectivity index (χ0v) is 12.4. The van der Waals surface area contributed by atoms with Gasteiger partial charge in [-0.2, -0.15) is 10.2 Å². The van der Waals surface area contributed by atoms with Crippen molar-refractivity contribution in [1.29, 1.82) is 0 Å². The molecule has 2 aromatic rings. The third kappa shape index (κ3) is 2.87. The van der Waals surface area contributed by atoms with Crippen LogP contribution in [0.25, 0.3) is 0 Å². The van der Waals surface area contributed by atoms with Crippen molar-refractivity contribution in [2.24, 2.45) is 7.05 Å². The number of nitrogens with one attached hydrogen (secondary N) is 1. The molecule has 0 bridgehead atoms. The number of hydrogen-bond acceptors (Lipinski definition) is 3. The molecule has 0 radical (unpaired) electrons. The molecule has 5 heteroatoms. The Balaban J connectivity index is 2.13. The van der Waals surface area contributed by atoms with E-state index in [9.17, 15) is 0 Å². The number of aromatic nitrogens is 4. The van der Waals surface area contributed by atoms with Crippen LogP contribution in [0.1, 0.15) is 35.5 Å². The van der Waals surface area contributed by atoms with Crippen molar-refractivity contribution in [3.63, 3.8) is 0 Å². The highest BCUT2D eigenvalue weighted by molar-refractivity contribution is 5.27. The molecule has 1 unspecified atom stereocenters. The van der Waals surface area contributed by atoms with Crippen LogP contribution < -0.4 is 5.32 Å². The summed E-state index contributed by atoms with van der Waals surface area (Å²) in [7, 11) is 3.93. The molecule has 0 fully saturated rings. The van der Waals surface area contributed by atoms with Crippen molar-refractivity contribution in [2.45, 2.75) is 39.8 Å². The summed E-state index contributed by atoms with van der Waals surface area (Å²) < 4.78 is 3.94. The van der Waals surface area contributed by atoms with Gasteiger partial charge in [-0.25, -0.2) is 0 Å². The summed E-state index contributed by atoms with van der Waals surface area (Å²) in [6.45, 7) is 7.29. The van der Waals surface area contributed by atoms with Crippen molar-refractivity contribution in [3.05, 3.63) is 34.9 Å². The Morgan fingerprint density at radius 1 is 1.37 bits per heavy atom. The van der Waals surface area contributed by atoms with E-state index in [1.54, 1.807) is 0 Å². The van der Waals surface area contributed by atoms with Crippen LogP contribution in [0.4, 0.5) is 0 Å². The zero-order valence-electron chi connectivity index (χ0n) is 12.4. The molecule has 2 aromatic heterocycles. The molecule has 104 valence electrons. The van der Waals surface area contributed by atoms with Crippen molar-refractivity contribution >= 4 is 0 Å². The molecule has 0 saturated heterocycles. The first-order valence-electron chi connectivity index (χ1n) is 6.71. The minimum Gasteiger partial charge on any atom is -0.313 e. The van der Waals surface area contributed by atoms with Crippen LogP contribution >= 0.6 is 0 Å². The van der Waals surface area contributed by atoms with Gasteiger partial charge in [-0.1, -0.05) is 0 Å². The first kappa shape index (κ1) is 13.8. The summed E-state index contributed by atoms with van der Waals surface area (Å²) in [5.41, 5.74) is 4.93. The van der Waals surface area contributed by atoms with E-state index in [2.05, 4.69) is 47.2 Å². The van der Waals surface area contributed by atoms with Crippen LogP contribution in [0.3, 0.4) is 0 Å². The maximum Gasteiger partial charge on any atom is 0.0644 e. The topological polar surface area (TPSA) is 47.7 Å². The SMILES string of the molecule is CNC(C)c1c(C)nn(CCc2cnn(C)c2)c1C. The normalized spacial score (nSPS) is 12.9. The zero-order chi connectivity index (χ0) is 14.0. The second-order valence-electron chi connectivity index (χ2n) is 5.09. The van der Waals surface area contributed by atoms with E-state index in [1.807, 2.05) is 25.0 Å². The van der Waals surface area contributed by atoms with Crippen LogP contribution in [-0.2, 0) is 20.0 Å². The Hall–Kier alpha value is -1.62. The molecule has 2 rings (SSSR count). The minimum atomic E-state index is 0.340. The minimum absolute atomic E-state index is 0.340. The van der Waals surface area contributed by atoms with Gasteiger partial charge in [0.25, 0.3) is 0 Å². The van der Waals surface area contributed by atoms with Gasteiger partial charge in [0.15, 0.2) is 0 Å². The highest BCUT2D eigenvalue weighted by atomic mass is 15.3. The first-order chi connectivity index (χ1) is 9.02. The van der Waals surface area contributed by atoms with Crippen LogP contribution in [-0.4, -0.2) is 26.6 Å². The molecule has 0 spiro atoms. The lowest BCUT2D eigenvalue weighted by atomic mass is 10.1. The maximum absolute atomic E-state index is 4.65. The summed E-state index contributed by atoms with van der Waals surface area (Å²) in [6.07, 6.45) is 4.94. The Morgan fingerprint density at radius 2 is 2.11 bits per heavy atom. The summed E-state index contributed by atoms with van der Waals surface area (Å²) in [5.74, 6) is 0. The smallest absolute Gasteiger partial charge is 0.0644 e. The van der Waals surface area contributed by atoms with Crippen molar-refractivity contribution < 1.29 is 0 Å². The van der Waals surface area contributed by atoms with Crippen LogP contribution in [0.2, 0.25) is 0 Å². The second-order valence-corrected chi connectivity index (χ2v) is 5.09. The molecule has 0 aromatic carbocycles. The molecular weight excluding hydrogens is 238 g/mol. The predicted octanol–water partition coefficient (Wildman–Crippen LogP) is 1.76. The van der Waals surface area contributed by atoms with E-state index in [0.717, 1.165) is 18.7 Å². The summed E-state index contributed by atoms with van der Waals surface area (Å²) in [6, 6.07) is 0.340. The van der Waals surface area contributed by atoms with Crippen LogP contribution in [0.5, 0.6) is 0 Å². The van der Waals surface area contributed by atoms with Crippen molar-refractivity contribution in [2.75, 3.05) is 7.05 Å². The third-order valence-corrected chi connectivity index (χ3v) is 3.67. The second kappa shape index (κ2) is 5.57. The lowest BCUT2D eigenvalue weighted by Gasteiger charge is -2.11. The van der Waals surface area contributed by atoms with Gasteiger partial charge in [-0.15, -0.1) is 0 Å². The fourth-order valence-electron chi connectivity index (χ4n) is 2.54. The standard InChI is InChI=1S/C14H23N5/c1-10(15-4)14-11(2)17-19(12(14)3)7-6-13-8-16-18(5)9-13/h8-10,15H,6-7H2,1-5H3. The number of rotatable bonds is 5. The van der Waals surface area contributed by atoms with Gasteiger partial charge in [-0.05, 0) is 39.8 Å². The molecule has 19 heavy (non-hydrogen) atoms. The molecule has 0 aliphatic carbocycles. The van der Waals surface area contributed by atoms with E-state index in [1.165, 1.54) is 16.8 Å². The summed E-state index contributed by atoms with van der Waals surface area (Å²) in [5, 5.41) is 12.1. The van der Waals surface area contributed by atoms with Gasteiger partial charge in [0.2, 0.25) is 0 Å². The lowest BCUT2D eigenvalue weighted by molar-refractivity contribution is 0.588. The molecule has 1 N–H and O–H groups in total. The van der Waals surface area contributed by atoms with Crippen LogP contribution in [0.15, 0.2) is 12.4 Å². The van der Waals surface area contributed by atoms with Gasteiger partial charge in [0.05, 0.1) is 11.9 Å². The monoisotopic (exact) mass is 261 g/mol. The van der Waals surface area contributed by atoms with Crippen LogP contribution in [0, 0.1) is 13.8 Å². The fourth-order valence-corrected chi connectivity index (χ4v) is 2.54. The third-order valence-electron chi connectivity index (χ3n) is 3.67. The summed E-state index contributed by atoms with van der Waals surface area (Å²) >= 11 is 0. The van der Waals surface area contributed by atoms with Gasteiger partial charge in [0, 0.05) is 37.1 Å². The van der Waals surface area contributed by atoms with Gasteiger partial charge < -0.3 is 5.32 Å². The largest absolute Gasteiger partial charge is 0.313 e. The van der Waals surface area contributed by atoms with E-state index in [-0.39, 0.29) is 0 Å². The van der Waals surface area contributed by atoms with E-state index in [4.69, 9.17) is 0 Å². The molecule has 5 nitrogen and oxygen atoms in total. The molecular formula is C14H23N5. The Kier molecular flexibility index (Phi) is 4.04. The molecule has 0 aliphatic rings. The van der Waals surface area contributed by atoms with E-state index in [0.29, 0.717) is 6.04 Å². The molecule has 0 amide bonds. The molecule has 0 saturated carbocycles. The highest BCUT2D eigenvalue weighted by Gasteiger charge is 2.16. The van der Waals surface area contributed by atoms with E-state index < -0.39 is 0 Å². The quantitative estimate of drug-likeness (QED) is 0.892. The van der Waals surface area contributed by atoms with E-state index >= 15 is 0 Å². The number of nitrogens with zero attached hydrogens (tertiary/aromatic N) is 4. The van der Waals surface area contributed by atoms with Crippen molar-refractivity contribution in [3.8, 4) is 0 Å². The number of hydrogen-bond donors (Lipinski definition) is 1. The predicted molar refractivity (Wildman–Crippen MR) is 76.1 cm³/mol. The molecule has 0 aliphatic heterocycles. The Bertz CT molecular complexity index is 552. The fraction of sp³-hybridized carbons (Fsp3) is 0.571. The number of aryl methyl sites for hydroxylation is 4. The first-order valence-corrected chi connectivity index (χ1v) is 6.71. The van der Waals surface area contributed by atoms with Gasteiger partial charge in [-0.3, -0.25) is 9.36 Å². The Labute approximate surface area is 114 Å². The van der Waals surface area contributed by atoms with Gasteiger partial charge >= 0.3 is 0 Å². The Morgan fingerprint density at radius 3 is 2.68 bits per heavy atom. The summed E-state index contributed by atoms with van der Waals surface area (Å²) in [4.78, 5) is 0. The average molecular weight is 261 g/mol.